The van der Waals surface area contributed by atoms with Gasteiger partial charge in [-0.1, -0.05) is 71.2 Å². The highest BCUT2D eigenvalue weighted by Gasteiger charge is 2.38. The molecule has 3 rings (SSSR count). The van der Waals surface area contributed by atoms with Gasteiger partial charge >= 0.3 is 0 Å². The van der Waals surface area contributed by atoms with E-state index in [1.54, 1.807) is 12.1 Å². The zero-order valence-electron chi connectivity index (χ0n) is 13.6. The summed E-state index contributed by atoms with van der Waals surface area (Å²) in [5.74, 6) is -0.380. The Labute approximate surface area is 166 Å². The summed E-state index contributed by atoms with van der Waals surface area (Å²) in [6, 6.07) is 12.5. The van der Waals surface area contributed by atoms with Crippen molar-refractivity contribution in [3.05, 3.63) is 48.0 Å². The van der Waals surface area contributed by atoms with Gasteiger partial charge in [0, 0.05) is 11.6 Å². The van der Waals surface area contributed by atoms with Crippen LogP contribution in [0.4, 0.5) is 0 Å². The molecule has 0 spiro atoms. The van der Waals surface area contributed by atoms with Gasteiger partial charge in [0.05, 0.1) is 11.5 Å². The molecule has 1 aliphatic rings. The number of benzene rings is 2. The maximum atomic E-state index is 12.8. The summed E-state index contributed by atoms with van der Waals surface area (Å²) in [7, 11) is -3.10. The van der Waals surface area contributed by atoms with Crippen LogP contribution in [0.15, 0.2) is 42.5 Å². The van der Waals surface area contributed by atoms with E-state index in [1.807, 2.05) is 30.3 Å². The highest BCUT2D eigenvalue weighted by molar-refractivity contribution is 7.91. The number of alkyl halides is 3. The molecule has 0 aliphatic carbocycles. The zero-order chi connectivity index (χ0) is 18.9. The number of carbonyl (C=O) groups excluding carboxylic acids is 1. The van der Waals surface area contributed by atoms with Crippen LogP contribution in [0.5, 0.6) is 0 Å². The molecule has 0 radical (unpaired) electrons. The van der Waals surface area contributed by atoms with Crippen molar-refractivity contribution in [2.45, 2.75) is 22.4 Å². The van der Waals surface area contributed by atoms with E-state index >= 15 is 0 Å². The van der Waals surface area contributed by atoms with E-state index in [-0.39, 0.29) is 17.5 Å². The van der Waals surface area contributed by atoms with Crippen molar-refractivity contribution in [1.29, 1.82) is 0 Å². The Hall–Kier alpha value is -1.05. The monoisotopic (exact) mass is 434 g/mol. The van der Waals surface area contributed by atoms with Crippen LogP contribution in [0, 0.1) is 0 Å². The topological polar surface area (TPSA) is 75.3 Å². The first kappa shape index (κ1) is 19.7. The Balaban J connectivity index is 1.81. The second-order valence-electron chi connectivity index (χ2n) is 6.24. The first-order valence-electron chi connectivity index (χ1n) is 7.97. The van der Waals surface area contributed by atoms with Crippen molar-refractivity contribution >= 4 is 61.3 Å². The Morgan fingerprint density at radius 2 is 1.81 bits per heavy atom. The number of rotatable bonds is 4. The Kier molecular flexibility index (Phi) is 5.70. The lowest BCUT2D eigenvalue weighted by atomic mass is 10.0. The number of hydrogen-bond donors (Lipinski definition) is 2. The summed E-state index contributed by atoms with van der Waals surface area (Å²) >= 11 is 18.0. The molecule has 0 bridgehead atoms. The quantitative estimate of drug-likeness (QED) is 0.572. The lowest BCUT2D eigenvalue weighted by Crippen LogP contribution is -2.56. The van der Waals surface area contributed by atoms with Crippen molar-refractivity contribution in [2.24, 2.45) is 0 Å². The molecule has 140 valence electrons. The molecule has 1 fully saturated rings. The molecule has 2 aromatic carbocycles. The molecular formula is C17H17Cl3N2O3S. The van der Waals surface area contributed by atoms with Crippen LogP contribution < -0.4 is 10.6 Å². The van der Waals surface area contributed by atoms with Crippen LogP contribution in [0.2, 0.25) is 0 Å². The molecule has 0 saturated carbocycles. The Morgan fingerprint density at radius 1 is 1.12 bits per heavy atom. The van der Waals surface area contributed by atoms with Gasteiger partial charge in [-0.15, -0.1) is 0 Å². The largest absolute Gasteiger partial charge is 0.333 e. The minimum absolute atomic E-state index is 0.0472. The van der Waals surface area contributed by atoms with E-state index in [2.05, 4.69) is 10.6 Å². The molecule has 1 saturated heterocycles. The third-order valence-corrected chi connectivity index (χ3v) is 6.69. The maximum Gasteiger partial charge on any atom is 0.253 e. The number of amides is 1. The standard InChI is InChI=1S/C17H17Cl3N2O3S/c18-17(19,20)16(21-12-8-9-26(24,25)10-12)22-15(23)14-7-3-5-11-4-1-2-6-13(11)14/h1-7,12,16,21H,8-10H2,(H,22,23)/t12-,16+/m1/s1. The predicted molar refractivity (Wildman–Crippen MR) is 106 cm³/mol. The smallest absolute Gasteiger partial charge is 0.253 e. The number of nitrogens with one attached hydrogen (secondary N) is 2. The fourth-order valence-electron chi connectivity index (χ4n) is 3.01. The highest BCUT2D eigenvalue weighted by Crippen LogP contribution is 2.30. The first-order valence-corrected chi connectivity index (χ1v) is 10.9. The summed E-state index contributed by atoms with van der Waals surface area (Å²) in [5.41, 5.74) is 0.447. The van der Waals surface area contributed by atoms with Crippen LogP contribution >= 0.6 is 34.8 Å². The van der Waals surface area contributed by atoms with Gasteiger partial charge in [0.2, 0.25) is 3.79 Å². The third-order valence-electron chi connectivity index (χ3n) is 4.27. The molecule has 2 atom stereocenters. The van der Waals surface area contributed by atoms with E-state index in [4.69, 9.17) is 34.8 Å². The van der Waals surface area contributed by atoms with Gasteiger partial charge in [0.1, 0.15) is 6.17 Å². The van der Waals surface area contributed by atoms with Gasteiger partial charge in [-0.05, 0) is 23.3 Å². The highest BCUT2D eigenvalue weighted by atomic mass is 35.6. The van der Waals surface area contributed by atoms with Gasteiger partial charge in [-0.2, -0.15) is 0 Å². The van der Waals surface area contributed by atoms with E-state index in [0.29, 0.717) is 12.0 Å². The Morgan fingerprint density at radius 3 is 2.46 bits per heavy atom. The molecule has 9 heteroatoms. The Bertz CT molecular complexity index is 923. The second-order valence-corrected chi connectivity index (χ2v) is 10.8. The summed E-state index contributed by atoms with van der Waals surface area (Å²) < 4.78 is 21.4. The summed E-state index contributed by atoms with van der Waals surface area (Å²) in [6.07, 6.45) is -0.624. The number of fused-ring (bicyclic) bond motifs is 1. The van der Waals surface area contributed by atoms with Gasteiger partial charge < -0.3 is 5.32 Å². The molecular weight excluding hydrogens is 419 g/mol. The summed E-state index contributed by atoms with van der Waals surface area (Å²) in [4.78, 5) is 12.8. The SMILES string of the molecule is O=C(N[C@H](N[C@@H]1CCS(=O)(=O)C1)C(Cl)(Cl)Cl)c1cccc2ccccc12. The fourth-order valence-corrected chi connectivity index (χ4v) is 5.05. The van der Waals surface area contributed by atoms with Crippen molar-refractivity contribution in [3.63, 3.8) is 0 Å². The minimum atomic E-state index is -3.10. The lowest BCUT2D eigenvalue weighted by molar-refractivity contribution is 0.0929. The van der Waals surface area contributed by atoms with Crippen LogP contribution in [0.1, 0.15) is 16.8 Å². The van der Waals surface area contributed by atoms with Crippen molar-refractivity contribution in [1.82, 2.24) is 10.6 Å². The molecule has 2 N–H and O–H groups in total. The molecule has 0 unspecified atom stereocenters. The maximum absolute atomic E-state index is 12.8. The van der Waals surface area contributed by atoms with Crippen molar-refractivity contribution < 1.29 is 13.2 Å². The van der Waals surface area contributed by atoms with Crippen LogP contribution in [-0.4, -0.2) is 41.8 Å². The molecule has 2 aromatic rings. The van der Waals surface area contributed by atoms with Gasteiger partial charge in [0.15, 0.2) is 9.84 Å². The van der Waals surface area contributed by atoms with E-state index in [9.17, 15) is 13.2 Å². The molecule has 26 heavy (non-hydrogen) atoms. The van der Waals surface area contributed by atoms with Crippen LogP contribution in [0.3, 0.4) is 0 Å². The number of halogens is 3. The normalized spacial score (nSPS) is 20.8. The minimum Gasteiger partial charge on any atom is -0.333 e. The number of sulfone groups is 1. The molecule has 1 amide bonds. The first-order chi connectivity index (χ1) is 12.2. The molecule has 5 nitrogen and oxygen atoms in total. The summed E-state index contributed by atoms with van der Waals surface area (Å²) in [6.45, 7) is 0. The van der Waals surface area contributed by atoms with E-state index in [1.165, 1.54) is 0 Å². The fraction of sp³-hybridized carbons (Fsp3) is 0.353. The second kappa shape index (κ2) is 7.52. The van der Waals surface area contributed by atoms with Gasteiger partial charge in [0.25, 0.3) is 5.91 Å². The lowest BCUT2D eigenvalue weighted by Gasteiger charge is -2.29. The third kappa shape index (κ3) is 4.61. The summed E-state index contributed by atoms with van der Waals surface area (Å²) in [5, 5.41) is 7.33. The van der Waals surface area contributed by atoms with Crippen LogP contribution in [0.25, 0.3) is 10.8 Å². The number of hydrogen-bond acceptors (Lipinski definition) is 4. The average Bonchev–Trinajstić information content (AvgIpc) is 2.91. The predicted octanol–water partition coefficient (Wildman–Crippen LogP) is 3.04. The molecule has 1 heterocycles. The average molecular weight is 436 g/mol. The molecule has 1 aliphatic heterocycles. The zero-order valence-corrected chi connectivity index (χ0v) is 16.7. The van der Waals surface area contributed by atoms with Crippen LogP contribution in [-0.2, 0) is 9.84 Å². The molecule has 0 aromatic heterocycles. The van der Waals surface area contributed by atoms with Gasteiger partial charge in [-0.25, -0.2) is 8.42 Å². The van der Waals surface area contributed by atoms with Gasteiger partial charge in [-0.3, -0.25) is 10.1 Å². The number of carbonyl (C=O) groups is 1. The van der Waals surface area contributed by atoms with Crippen molar-refractivity contribution in [2.75, 3.05) is 11.5 Å². The van der Waals surface area contributed by atoms with E-state index in [0.717, 1.165) is 10.8 Å². The van der Waals surface area contributed by atoms with Crippen molar-refractivity contribution in [3.8, 4) is 0 Å². The van der Waals surface area contributed by atoms with E-state index < -0.39 is 25.7 Å².